The number of imide groups is 1. The average Bonchev–Trinajstić information content (AvgIpc) is 2.44. The Labute approximate surface area is 98.6 Å². The van der Waals surface area contributed by atoms with Gasteiger partial charge < -0.3 is 0 Å². The topological polar surface area (TPSA) is 40.6 Å². The van der Waals surface area contributed by atoms with E-state index in [2.05, 4.69) is 14.1 Å². The molecule has 0 aromatic carbocycles. The molecule has 2 saturated heterocycles. The van der Waals surface area contributed by atoms with Gasteiger partial charge in [0.1, 0.15) is 0 Å². The van der Waals surface area contributed by atoms with Crippen molar-refractivity contribution in [3.8, 4) is 0 Å². The molecule has 2 fully saturated rings. The van der Waals surface area contributed by atoms with Crippen LogP contribution in [0.5, 0.6) is 0 Å². The molecule has 5 heteroatoms. The molecule has 16 heavy (non-hydrogen) atoms. The maximum atomic E-state index is 12.0. The minimum atomic E-state index is -0.146. The Morgan fingerprint density at radius 1 is 1.19 bits per heavy atom. The molecule has 2 heterocycles. The molecule has 0 aliphatic carbocycles. The number of nitrogens with zero attached hydrogens (tertiary/aromatic N) is 2. The molecule has 2 amide bonds. The fourth-order valence-electron chi connectivity index (χ4n) is 2.53. The van der Waals surface area contributed by atoms with Gasteiger partial charge in [-0.1, -0.05) is 23.2 Å². The number of carbonyl (C=O) groups excluding carboxylic acids is 2. The molecule has 0 bridgehead atoms. The zero-order valence-electron chi connectivity index (χ0n) is 9.85. The molecule has 3 unspecified atom stereocenters. The van der Waals surface area contributed by atoms with Crippen molar-refractivity contribution in [1.29, 1.82) is 0 Å². The van der Waals surface area contributed by atoms with Gasteiger partial charge in [0.25, 0.3) is 0 Å². The highest BCUT2D eigenvalue weighted by molar-refractivity contribution is 7.13. The molecule has 4 nitrogen and oxygen atoms in total. The van der Waals surface area contributed by atoms with E-state index in [1.54, 1.807) is 0 Å². The van der Waals surface area contributed by atoms with Gasteiger partial charge in [-0.25, -0.2) is 0 Å². The number of hydrogen-bond acceptors (Lipinski definition) is 3. The van der Waals surface area contributed by atoms with Crippen LogP contribution in [0.2, 0.25) is 0 Å². The number of rotatable bonds is 1. The number of likely N-dealkylation sites (tertiary alicyclic amines) is 1. The van der Waals surface area contributed by atoms with Gasteiger partial charge in [-0.3, -0.25) is 19.2 Å². The first-order valence-electron chi connectivity index (χ1n) is 5.89. The largest absolute Gasteiger partial charge is 0.285 e. The number of piperidine rings is 1. The van der Waals surface area contributed by atoms with Crippen LogP contribution >= 0.6 is 9.39 Å². The molecule has 0 aromatic rings. The molecule has 2 aliphatic rings. The van der Waals surface area contributed by atoms with E-state index in [1.165, 1.54) is 4.90 Å². The first-order valence-corrected chi connectivity index (χ1v) is 6.40. The van der Waals surface area contributed by atoms with Crippen molar-refractivity contribution >= 4 is 21.2 Å². The van der Waals surface area contributed by atoms with E-state index in [0.29, 0.717) is 0 Å². The van der Waals surface area contributed by atoms with Gasteiger partial charge in [0, 0.05) is 24.9 Å². The molecule has 0 spiro atoms. The number of hydrogen-bond donors (Lipinski definition) is 0. The summed E-state index contributed by atoms with van der Waals surface area (Å²) in [7, 11) is 2.66. The third kappa shape index (κ3) is 1.89. The highest BCUT2D eigenvalue weighted by atomic mass is 31.0. The summed E-state index contributed by atoms with van der Waals surface area (Å²) in [6.45, 7) is 5.53. The number of carbonyl (C=O) groups is 2. The molecule has 90 valence electrons. The van der Waals surface area contributed by atoms with Crippen LogP contribution in [-0.4, -0.2) is 40.5 Å². The summed E-state index contributed by atoms with van der Waals surface area (Å²) in [5.41, 5.74) is 0. The average molecular weight is 242 g/mol. The number of amides is 2. The van der Waals surface area contributed by atoms with Crippen molar-refractivity contribution in [3.05, 3.63) is 0 Å². The Morgan fingerprint density at radius 3 is 2.25 bits per heavy atom. The van der Waals surface area contributed by atoms with Crippen LogP contribution in [0, 0.1) is 11.8 Å². The van der Waals surface area contributed by atoms with Crippen LogP contribution in [-0.2, 0) is 9.59 Å². The van der Waals surface area contributed by atoms with Crippen molar-refractivity contribution in [1.82, 2.24) is 9.57 Å². The van der Waals surface area contributed by atoms with Gasteiger partial charge in [0.15, 0.2) is 0 Å². The molecular formula is C11H19N2O2P. The van der Waals surface area contributed by atoms with E-state index in [1.807, 2.05) is 13.8 Å². The quantitative estimate of drug-likeness (QED) is 0.506. The maximum Gasteiger partial charge on any atom is 0.233 e. The summed E-state index contributed by atoms with van der Waals surface area (Å²) in [5.74, 6) is -0.259. The Hall–Kier alpha value is -0.470. The lowest BCUT2D eigenvalue weighted by Gasteiger charge is -2.34. The van der Waals surface area contributed by atoms with Gasteiger partial charge >= 0.3 is 0 Å². The van der Waals surface area contributed by atoms with Crippen LogP contribution in [0.1, 0.15) is 26.7 Å². The molecule has 0 radical (unpaired) electrons. The predicted octanol–water partition coefficient (Wildman–Crippen LogP) is 0.882. The van der Waals surface area contributed by atoms with E-state index in [-0.39, 0.29) is 29.7 Å². The lowest BCUT2D eigenvalue weighted by Crippen LogP contribution is -2.48. The van der Waals surface area contributed by atoms with Crippen LogP contribution in [0.25, 0.3) is 0 Å². The second kappa shape index (κ2) is 4.42. The lowest BCUT2D eigenvalue weighted by molar-refractivity contribution is -0.143. The molecule has 0 saturated carbocycles. The molecule has 0 N–H and O–H groups in total. The Morgan fingerprint density at radius 2 is 1.75 bits per heavy atom. The highest BCUT2D eigenvalue weighted by Crippen LogP contribution is 2.30. The van der Waals surface area contributed by atoms with Crippen molar-refractivity contribution in [2.75, 3.05) is 13.1 Å². The van der Waals surface area contributed by atoms with Gasteiger partial charge in [-0.05, 0) is 12.8 Å². The predicted molar refractivity (Wildman–Crippen MR) is 64.5 cm³/mol. The van der Waals surface area contributed by atoms with E-state index in [4.69, 9.17) is 0 Å². The first-order chi connectivity index (χ1) is 7.52. The van der Waals surface area contributed by atoms with E-state index >= 15 is 0 Å². The molecule has 2 aliphatic heterocycles. The van der Waals surface area contributed by atoms with Gasteiger partial charge in [-0.15, -0.1) is 0 Å². The first kappa shape index (κ1) is 12.0. The van der Waals surface area contributed by atoms with Gasteiger partial charge in [-0.2, -0.15) is 0 Å². The van der Waals surface area contributed by atoms with Crippen LogP contribution in [0.15, 0.2) is 0 Å². The fourth-order valence-corrected chi connectivity index (χ4v) is 2.95. The van der Waals surface area contributed by atoms with E-state index in [9.17, 15) is 9.59 Å². The maximum absolute atomic E-state index is 12.0. The SMILES string of the molecule is CC1C(=O)N([C@H]2CCCN(P)C2)C(=O)C1C. The zero-order chi connectivity index (χ0) is 11.9. The smallest absolute Gasteiger partial charge is 0.233 e. The van der Waals surface area contributed by atoms with Gasteiger partial charge in [0.2, 0.25) is 11.8 Å². The third-order valence-electron chi connectivity index (χ3n) is 3.80. The summed E-state index contributed by atoms with van der Waals surface area (Å²) in [6.07, 6.45) is 2.00. The minimum Gasteiger partial charge on any atom is -0.285 e. The summed E-state index contributed by atoms with van der Waals surface area (Å²) in [6, 6.07) is 0.0821. The summed E-state index contributed by atoms with van der Waals surface area (Å²) >= 11 is 0. The standard InChI is InChI=1S/C11H19N2O2P/c1-7-8(2)11(15)13(10(7)14)9-4-3-5-12(16)6-9/h7-9H,3-6,16H2,1-2H3/t7?,8?,9-/m0/s1. The van der Waals surface area contributed by atoms with Crippen molar-refractivity contribution in [2.24, 2.45) is 11.8 Å². The monoisotopic (exact) mass is 242 g/mol. The zero-order valence-corrected chi connectivity index (χ0v) is 11.0. The van der Waals surface area contributed by atoms with E-state index < -0.39 is 0 Å². The lowest BCUT2D eigenvalue weighted by atomic mass is 10.00. The van der Waals surface area contributed by atoms with Crippen LogP contribution in [0.4, 0.5) is 0 Å². The van der Waals surface area contributed by atoms with Crippen LogP contribution < -0.4 is 0 Å². The second-order valence-corrected chi connectivity index (χ2v) is 5.65. The minimum absolute atomic E-state index is 0.0165. The second-order valence-electron chi connectivity index (χ2n) is 4.91. The highest BCUT2D eigenvalue weighted by Gasteiger charge is 2.45. The molecule has 4 atom stereocenters. The Kier molecular flexibility index (Phi) is 3.32. The summed E-state index contributed by atoms with van der Waals surface area (Å²) in [4.78, 5) is 25.5. The van der Waals surface area contributed by atoms with Crippen molar-refractivity contribution in [2.45, 2.75) is 32.7 Å². The summed E-state index contributed by atoms with van der Waals surface area (Å²) in [5, 5.41) is 0. The summed E-state index contributed by atoms with van der Waals surface area (Å²) < 4.78 is 2.11. The van der Waals surface area contributed by atoms with Gasteiger partial charge in [0.05, 0.1) is 6.04 Å². The Bertz CT molecular complexity index is 301. The van der Waals surface area contributed by atoms with Crippen molar-refractivity contribution in [3.63, 3.8) is 0 Å². The molecule has 0 aromatic heterocycles. The van der Waals surface area contributed by atoms with E-state index in [0.717, 1.165) is 25.9 Å². The molecular weight excluding hydrogens is 223 g/mol. The fraction of sp³-hybridized carbons (Fsp3) is 0.818. The van der Waals surface area contributed by atoms with Crippen LogP contribution in [0.3, 0.4) is 0 Å². The van der Waals surface area contributed by atoms with Crippen molar-refractivity contribution < 1.29 is 9.59 Å². The normalized spacial score (nSPS) is 37.2. The Balaban J connectivity index is 2.14. The third-order valence-corrected chi connectivity index (χ3v) is 4.27. The molecule has 2 rings (SSSR count).